The number of benzene rings is 2. The minimum Gasteiger partial charge on any atom is -0.508 e. The van der Waals surface area contributed by atoms with E-state index in [2.05, 4.69) is 0 Å². The average molecular weight is 552 g/mol. The molecule has 1 aromatic heterocycles. The molecule has 3 aromatic rings. The van der Waals surface area contributed by atoms with Gasteiger partial charge < -0.3 is 14.7 Å². The molecular weight excluding hydrogens is 526 g/mol. The fourth-order valence-corrected chi connectivity index (χ4v) is 8.10. The molecule has 6 rings (SSSR count). The maximum Gasteiger partial charge on any atom is 0.308 e. The van der Waals surface area contributed by atoms with E-state index in [1.807, 2.05) is 19.1 Å². The summed E-state index contributed by atoms with van der Waals surface area (Å²) < 4.78 is 6.75. The minimum absolute atomic E-state index is 0.0140. The van der Waals surface area contributed by atoms with Gasteiger partial charge >= 0.3 is 4.87 Å². The topological polar surface area (TPSA) is 109 Å². The number of carbonyl (C=O) groups is 3. The lowest BCUT2D eigenvalue weighted by Gasteiger charge is -2.31. The normalized spacial score (nSPS) is 22.9. The molecule has 0 aliphatic carbocycles. The number of ether oxygens (including phenoxy) is 1. The Labute approximate surface area is 226 Å². The largest absolute Gasteiger partial charge is 0.508 e. The highest BCUT2D eigenvalue weighted by Gasteiger charge is 2.57. The second-order valence-corrected chi connectivity index (χ2v) is 11.7. The smallest absolute Gasteiger partial charge is 0.308 e. The van der Waals surface area contributed by atoms with E-state index in [0.717, 1.165) is 16.9 Å². The predicted molar refractivity (Wildman–Crippen MR) is 143 cm³/mol. The number of phenols is 1. The summed E-state index contributed by atoms with van der Waals surface area (Å²) in [6.45, 7) is 3.57. The molecule has 9 nitrogen and oxygen atoms in total. The van der Waals surface area contributed by atoms with Crippen molar-refractivity contribution in [2.45, 2.75) is 29.7 Å². The van der Waals surface area contributed by atoms with Crippen LogP contribution in [0.2, 0.25) is 0 Å². The van der Waals surface area contributed by atoms with Crippen molar-refractivity contribution < 1.29 is 24.2 Å². The minimum atomic E-state index is -0.809. The van der Waals surface area contributed by atoms with Crippen LogP contribution in [0.5, 0.6) is 5.75 Å². The number of amides is 3. The maximum atomic E-state index is 13.9. The second kappa shape index (κ2) is 9.72. The van der Waals surface area contributed by atoms with Crippen LogP contribution in [0.3, 0.4) is 0 Å². The summed E-state index contributed by atoms with van der Waals surface area (Å²) in [6.07, 6.45) is 0. The number of phenolic OH excluding ortho intramolecular Hbond substituents is 1. The number of para-hydroxylation sites is 1. The number of fused-ring (bicyclic) bond motifs is 2. The molecule has 2 aromatic carbocycles. The summed E-state index contributed by atoms with van der Waals surface area (Å²) in [5.74, 6) is -2.47. The van der Waals surface area contributed by atoms with E-state index in [4.69, 9.17) is 4.74 Å². The summed E-state index contributed by atoms with van der Waals surface area (Å²) >= 11 is 2.13. The van der Waals surface area contributed by atoms with Crippen molar-refractivity contribution in [1.82, 2.24) is 9.47 Å². The quantitative estimate of drug-likeness (QED) is 0.497. The Kier molecular flexibility index (Phi) is 6.37. The van der Waals surface area contributed by atoms with E-state index in [9.17, 15) is 24.3 Å². The molecule has 11 heteroatoms. The number of aromatic nitrogens is 1. The molecule has 0 saturated carbocycles. The Hall–Kier alpha value is -3.41. The molecule has 3 unspecified atom stereocenters. The molecule has 3 amide bonds. The zero-order valence-corrected chi connectivity index (χ0v) is 22.2. The van der Waals surface area contributed by atoms with Gasteiger partial charge in [-0.05, 0) is 25.1 Å². The Balaban J connectivity index is 1.45. The number of carbonyl (C=O) groups excluding carboxylic acids is 3. The molecule has 3 aliphatic heterocycles. The number of morpholine rings is 1. The standard InChI is InChI=1S/C27H25N3O6S2/c1-15-6-8-16(9-7-15)30-24(33)21-20(17-4-2-3-5-18(17)31)23-26(37-22(21)25(30)34)29(27(35)38-23)14-19(32)28-10-12-36-13-11-28/h2-9,20-22,31H,10-14H2,1H3. The summed E-state index contributed by atoms with van der Waals surface area (Å²) in [6, 6.07) is 13.9. The summed E-state index contributed by atoms with van der Waals surface area (Å²) in [4.78, 5) is 57.0. The monoisotopic (exact) mass is 551 g/mol. The highest BCUT2D eigenvalue weighted by atomic mass is 32.2. The van der Waals surface area contributed by atoms with Crippen LogP contribution in [0.1, 0.15) is 21.9 Å². The Bertz CT molecular complexity index is 1490. The van der Waals surface area contributed by atoms with Gasteiger partial charge in [0.25, 0.3) is 0 Å². The lowest BCUT2D eigenvalue weighted by atomic mass is 9.82. The van der Waals surface area contributed by atoms with Crippen molar-refractivity contribution in [3.05, 3.63) is 74.2 Å². The van der Waals surface area contributed by atoms with Crippen molar-refractivity contribution in [2.24, 2.45) is 5.92 Å². The molecule has 0 radical (unpaired) electrons. The van der Waals surface area contributed by atoms with Crippen molar-refractivity contribution >= 4 is 46.5 Å². The van der Waals surface area contributed by atoms with Crippen LogP contribution in [0.25, 0.3) is 0 Å². The first-order valence-electron chi connectivity index (χ1n) is 12.3. The van der Waals surface area contributed by atoms with Gasteiger partial charge in [-0.3, -0.25) is 23.7 Å². The number of nitrogens with zero attached hydrogens (tertiary/aromatic N) is 3. The van der Waals surface area contributed by atoms with Crippen LogP contribution < -0.4 is 9.77 Å². The number of thiazole rings is 1. The van der Waals surface area contributed by atoms with Crippen LogP contribution in [-0.2, 0) is 25.7 Å². The molecule has 38 heavy (non-hydrogen) atoms. The number of aromatic hydroxyl groups is 1. The van der Waals surface area contributed by atoms with Gasteiger partial charge in [-0.1, -0.05) is 59.0 Å². The zero-order chi connectivity index (χ0) is 26.6. The van der Waals surface area contributed by atoms with Gasteiger partial charge in [-0.15, -0.1) is 0 Å². The third-order valence-electron chi connectivity index (χ3n) is 7.27. The highest BCUT2D eigenvalue weighted by molar-refractivity contribution is 8.00. The zero-order valence-electron chi connectivity index (χ0n) is 20.5. The highest BCUT2D eigenvalue weighted by Crippen LogP contribution is 2.55. The number of aryl methyl sites for hydroxylation is 1. The fraction of sp³-hybridized carbons (Fsp3) is 0.333. The Morgan fingerprint density at radius 1 is 1.03 bits per heavy atom. The van der Waals surface area contributed by atoms with Crippen LogP contribution in [-0.4, -0.2) is 63.8 Å². The van der Waals surface area contributed by atoms with Gasteiger partial charge in [0.1, 0.15) is 17.5 Å². The van der Waals surface area contributed by atoms with E-state index >= 15 is 0 Å². The van der Waals surface area contributed by atoms with Gasteiger partial charge in [-0.25, -0.2) is 4.90 Å². The molecule has 196 valence electrons. The fourth-order valence-electron chi connectivity index (χ4n) is 5.34. The van der Waals surface area contributed by atoms with Gasteiger partial charge in [-0.2, -0.15) is 0 Å². The van der Waals surface area contributed by atoms with Gasteiger partial charge in [0, 0.05) is 29.4 Å². The molecule has 3 aliphatic rings. The summed E-state index contributed by atoms with van der Waals surface area (Å²) in [5, 5.41) is 10.5. The maximum absolute atomic E-state index is 13.9. The first-order chi connectivity index (χ1) is 18.3. The van der Waals surface area contributed by atoms with Crippen molar-refractivity contribution in [3.63, 3.8) is 0 Å². The van der Waals surface area contributed by atoms with Crippen LogP contribution in [0.15, 0.2) is 58.4 Å². The lowest BCUT2D eigenvalue weighted by molar-refractivity contribution is -0.136. The lowest BCUT2D eigenvalue weighted by Crippen LogP contribution is -2.43. The number of imide groups is 1. The Morgan fingerprint density at radius 3 is 2.45 bits per heavy atom. The molecule has 0 spiro atoms. The molecular formula is C27H25N3O6S2. The first-order valence-corrected chi connectivity index (χ1v) is 14.0. The first kappa shape index (κ1) is 24.9. The molecule has 3 atom stereocenters. The molecule has 2 saturated heterocycles. The number of thioether (sulfide) groups is 1. The number of rotatable bonds is 4. The average Bonchev–Trinajstić information content (AvgIpc) is 3.36. The SMILES string of the molecule is Cc1ccc(N2C(=O)C3Sc4c(sc(=O)n4CC(=O)N4CCOCC4)C(c4ccccc4O)C3C2=O)cc1. The molecule has 4 heterocycles. The molecule has 2 fully saturated rings. The van der Waals surface area contributed by atoms with Gasteiger partial charge in [0.05, 0.1) is 29.8 Å². The molecule has 1 N–H and O–H groups in total. The number of anilines is 1. The third-order valence-corrected chi connectivity index (χ3v) is 9.87. The van der Waals surface area contributed by atoms with Crippen LogP contribution >= 0.6 is 23.1 Å². The second-order valence-electron chi connectivity index (χ2n) is 9.56. The van der Waals surface area contributed by atoms with Crippen molar-refractivity contribution in [1.29, 1.82) is 0 Å². The van der Waals surface area contributed by atoms with E-state index in [0.29, 0.717) is 47.5 Å². The van der Waals surface area contributed by atoms with E-state index in [-0.39, 0.29) is 34.9 Å². The van der Waals surface area contributed by atoms with Gasteiger partial charge in [0.15, 0.2) is 0 Å². The van der Waals surface area contributed by atoms with Crippen LogP contribution in [0, 0.1) is 12.8 Å². The van der Waals surface area contributed by atoms with Crippen molar-refractivity contribution in [3.8, 4) is 5.75 Å². The predicted octanol–water partition coefficient (Wildman–Crippen LogP) is 2.58. The van der Waals surface area contributed by atoms with Gasteiger partial charge in [0.2, 0.25) is 17.7 Å². The van der Waals surface area contributed by atoms with E-state index in [1.54, 1.807) is 35.2 Å². The number of hydrogen-bond acceptors (Lipinski definition) is 8. The summed E-state index contributed by atoms with van der Waals surface area (Å²) in [7, 11) is 0. The van der Waals surface area contributed by atoms with E-state index in [1.165, 1.54) is 27.3 Å². The number of hydrogen-bond donors (Lipinski definition) is 1. The van der Waals surface area contributed by atoms with Crippen molar-refractivity contribution in [2.75, 3.05) is 31.2 Å². The Morgan fingerprint density at radius 2 is 1.74 bits per heavy atom. The van der Waals surface area contributed by atoms with E-state index < -0.39 is 17.1 Å². The summed E-state index contributed by atoms with van der Waals surface area (Å²) in [5.41, 5.74) is 1.96. The third kappa shape index (κ3) is 4.05. The van der Waals surface area contributed by atoms with Crippen LogP contribution in [0.4, 0.5) is 5.69 Å². The molecule has 0 bridgehead atoms.